The summed E-state index contributed by atoms with van der Waals surface area (Å²) in [4.78, 5) is 25.8. The zero-order chi connectivity index (χ0) is 26.2. The highest BCUT2D eigenvalue weighted by molar-refractivity contribution is 7.14. The Balaban J connectivity index is 1.04. The van der Waals surface area contributed by atoms with E-state index in [0.717, 1.165) is 62.9 Å². The molecule has 1 amide bonds. The maximum atomic E-state index is 11.9. The summed E-state index contributed by atoms with van der Waals surface area (Å²) in [5.74, 6) is 2.34. The van der Waals surface area contributed by atoms with Crippen LogP contribution < -0.4 is 10.2 Å². The molecule has 38 heavy (non-hydrogen) atoms. The third-order valence-electron chi connectivity index (χ3n) is 8.54. The second kappa shape index (κ2) is 10.5. The number of fused-ring (bicyclic) bond motifs is 2. The molecular formula is C29H37N7OS. The summed E-state index contributed by atoms with van der Waals surface area (Å²) in [6.45, 7) is 10.6. The molecule has 2 saturated heterocycles. The Morgan fingerprint density at radius 2 is 1.92 bits per heavy atom. The van der Waals surface area contributed by atoms with Crippen LogP contribution in [0, 0.1) is 18.8 Å². The maximum Gasteiger partial charge on any atom is 0.224 e. The fourth-order valence-corrected chi connectivity index (χ4v) is 7.00. The molecule has 0 aliphatic carbocycles. The number of hydrogen-bond acceptors (Lipinski definition) is 6. The summed E-state index contributed by atoms with van der Waals surface area (Å²) in [5.41, 5.74) is 7.29. The van der Waals surface area contributed by atoms with Crippen molar-refractivity contribution in [3.63, 3.8) is 0 Å². The number of anilines is 2. The SMILES string of the molecule is CCC(=O)Nc1scnc1N1CC2CN(CCc3ccc4c(ccn4CCc4cncn4C)c3C)CC2C1. The minimum absolute atomic E-state index is 0.0516. The van der Waals surface area contributed by atoms with E-state index in [4.69, 9.17) is 0 Å². The topological polar surface area (TPSA) is 71.2 Å². The van der Waals surface area contributed by atoms with Gasteiger partial charge in [-0.05, 0) is 48.4 Å². The van der Waals surface area contributed by atoms with Crippen molar-refractivity contribution in [1.29, 1.82) is 0 Å². The molecule has 9 heteroatoms. The van der Waals surface area contributed by atoms with Gasteiger partial charge in [0.15, 0.2) is 5.82 Å². The van der Waals surface area contributed by atoms with Crippen LogP contribution in [0.4, 0.5) is 10.8 Å². The number of nitrogens with zero attached hydrogens (tertiary/aromatic N) is 6. The quantitative estimate of drug-likeness (QED) is 0.348. The highest BCUT2D eigenvalue weighted by Crippen LogP contribution is 2.38. The lowest BCUT2D eigenvalue weighted by Crippen LogP contribution is -2.30. The van der Waals surface area contributed by atoms with E-state index in [-0.39, 0.29) is 5.91 Å². The van der Waals surface area contributed by atoms with E-state index >= 15 is 0 Å². The highest BCUT2D eigenvalue weighted by atomic mass is 32.1. The van der Waals surface area contributed by atoms with E-state index in [1.165, 1.54) is 39.1 Å². The number of carbonyl (C=O) groups excluding carboxylic acids is 1. The molecule has 2 aliphatic heterocycles. The van der Waals surface area contributed by atoms with E-state index in [1.54, 1.807) is 0 Å². The average Bonchev–Trinajstić information content (AvgIpc) is 3.72. The van der Waals surface area contributed by atoms with Crippen LogP contribution in [0.1, 0.15) is 30.2 Å². The summed E-state index contributed by atoms with van der Waals surface area (Å²) in [6, 6.07) is 6.92. The monoisotopic (exact) mass is 531 g/mol. The molecule has 0 bridgehead atoms. The zero-order valence-electron chi connectivity index (χ0n) is 22.6. The van der Waals surface area contributed by atoms with Crippen molar-refractivity contribution in [2.24, 2.45) is 18.9 Å². The largest absolute Gasteiger partial charge is 0.353 e. The zero-order valence-corrected chi connectivity index (χ0v) is 23.4. The van der Waals surface area contributed by atoms with E-state index in [2.05, 4.69) is 72.6 Å². The highest BCUT2D eigenvalue weighted by Gasteiger charge is 2.41. The molecule has 2 unspecified atom stereocenters. The Hall–Kier alpha value is -3.17. The van der Waals surface area contributed by atoms with Gasteiger partial charge in [-0.1, -0.05) is 13.0 Å². The number of amides is 1. The van der Waals surface area contributed by atoms with Crippen LogP contribution in [0.2, 0.25) is 0 Å². The van der Waals surface area contributed by atoms with E-state index in [0.29, 0.717) is 18.3 Å². The molecule has 2 atom stereocenters. The molecule has 0 saturated carbocycles. The number of nitrogens with one attached hydrogen (secondary N) is 1. The normalized spacial score (nSPS) is 19.5. The Kier molecular flexibility index (Phi) is 6.97. The first-order valence-corrected chi connectivity index (χ1v) is 14.6. The molecule has 2 aliphatic rings. The van der Waals surface area contributed by atoms with Crippen LogP contribution in [0.3, 0.4) is 0 Å². The number of carbonyl (C=O) groups is 1. The Labute approximate surface area is 228 Å². The molecule has 4 aromatic rings. The third-order valence-corrected chi connectivity index (χ3v) is 9.27. The number of hydrogen-bond donors (Lipinski definition) is 1. The van der Waals surface area contributed by atoms with Crippen molar-refractivity contribution >= 4 is 39.0 Å². The van der Waals surface area contributed by atoms with Gasteiger partial charge < -0.3 is 24.3 Å². The number of rotatable bonds is 9. The number of thiazole rings is 1. The van der Waals surface area contributed by atoms with Crippen LogP contribution >= 0.6 is 11.3 Å². The van der Waals surface area contributed by atoms with E-state index in [1.807, 2.05) is 25.0 Å². The second-order valence-corrected chi connectivity index (χ2v) is 11.7. The van der Waals surface area contributed by atoms with E-state index in [9.17, 15) is 4.79 Å². The lowest BCUT2D eigenvalue weighted by Gasteiger charge is -2.22. The fraction of sp³-hybridized carbons (Fsp3) is 0.483. The van der Waals surface area contributed by atoms with Crippen molar-refractivity contribution in [3.8, 4) is 0 Å². The molecule has 8 nitrogen and oxygen atoms in total. The Morgan fingerprint density at radius 1 is 1.11 bits per heavy atom. The van der Waals surface area contributed by atoms with Crippen molar-refractivity contribution in [1.82, 2.24) is 24.0 Å². The first-order chi connectivity index (χ1) is 18.5. The fourth-order valence-electron chi connectivity index (χ4n) is 6.28. The molecule has 2 fully saturated rings. The standard InChI is InChI=1S/C29H37N7OS/c1-4-27(37)32-29-28(31-19-38-29)36-16-22-14-34(15-23(22)17-36)10-7-21-5-6-26-25(20(21)2)9-12-35(26)11-8-24-13-30-18-33(24)3/h5-6,9,12-13,18-19,22-23H,4,7-8,10-11,14-17H2,1-3H3,(H,32,37). The van der Waals surface area contributed by atoms with Gasteiger partial charge in [-0.25, -0.2) is 9.97 Å². The minimum atomic E-state index is 0.0516. The number of likely N-dealkylation sites (tertiary alicyclic amines) is 1. The van der Waals surface area contributed by atoms with Gasteiger partial charge in [0.25, 0.3) is 0 Å². The van der Waals surface area contributed by atoms with Gasteiger partial charge in [0.1, 0.15) is 5.00 Å². The molecule has 1 aromatic carbocycles. The average molecular weight is 532 g/mol. The molecule has 5 heterocycles. The number of aryl methyl sites for hydroxylation is 4. The van der Waals surface area contributed by atoms with Crippen LogP contribution in [0.5, 0.6) is 0 Å². The summed E-state index contributed by atoms with van der Waals surface area (Å²) >= 11 is 1.52. The van der Waals surface area contributed by atoms with Crippen molar-refractivity contribution in [3.05, 3.63) is 59.3 Å². The van der Waals surface area contributed by atoms with Crippen LogP contribution in [-0.2, 0) is 31.2 Å². The first-order valence-electron chi connectivity index (χ1n) is 13.7. The summed E-state index contributed by atoms with van der Waals surface area (Å²) in [5, 5.41) is 5.29. The predicted octanol–water partition coefficient (Wildman–Crippen LogP) is 4.34. The molecule has 3 aromatic heterocycles. The van der Waals surface area contributed by atoms with Gasteiger partial charge in [-0.3, -0.25) is 4.79 Å². The Morgan fingerprint density at radius 3 is 2.66 bits per heavy atom. The first kappa shape index (κ1) is 25.1. The third kappa shape index (κ3) is 4.85. The van der Waals surface area contributed by atoms with Gasteiger partial charge in [0.05, 0.1) is 11.8 Å². The van der Waals surface area contributed by atoms with Gasteiger partial charge in [0.2, 0.25) is 5.91 Å². The van der Waals surface area contributed by atoms with Crippen LogP contribution in [0.15, 0.2) is 42.4 Å². The minimum Gasteiger partial charge on any atom is -0.353 e. The number of aromatic nitrogens is 4. The van der Waals surface area contributed by atoms with Crippen LogP contribution in [-0.4, -0.2) is 62.6 Å². The smallest absolute Gasteiger partial charge is 0.224 e. The number of benzene rings is 1. The Bertz CT molecular complexity index is 1420. The molecule has 0 spiro atoms. The number of imidazole rings is 1. The van der Waals surface area contributed by atoms with Crippen molar-refractivity contribution in [2.45, 2.75) is 39.7 Å². The molecular weight excluding hydrogens is 494 g/mol. The van der Waals surface area contributed by atoms with E-state index < -0.39 is 0 Å². The lowest BCUT2D eigenvalue weighted by molar-refractivity contribution is -0.115. The molecule has 1 N–H and O–H groups in total. The molecule has 6 rings (SSSR count). The summed E-state index contributed by atoms with van der Waals surface area (Å²) in [7, 11) is 2.06. The van der Waals surface area contributed by atoms with Crippen molar-refractivity contribution in [2.75, 3.05) is 42.9 Å². The summed E-state index contributed by atoms with van der Waals surface area (Å²) in [6.07, 6.45) is 8.61. The van der Waals surface area contributed by atoms with Gasteiger partial charge >= 0.3 is 0 Å². The van der Waals surface area contributed by atoms with Gasteiger partial charge in [0, 0.05) is 88.1 Å². The maximum absolute atomic E-state index is 11.9. The van der Waals surface area contributed by atoms with Gasteiger partial charge in [-0.15, -0.1) is 11.3 Å². The summed E-state index contributed by atoms with van der Waals surface area (Å²) < 4.78 is 4.47. The molecule has 0 radical (unpaired) electrons. The lowest BCUT2D eigenvalue weighted by atomic mass is 10.0. The molecule has 200 valence electrons. The predicted molar refractivity (Wildman–Crippen MR) is 154 cm³/mol. The van der Waals surface area contributed by atoms with Gasteiger partial charge in [-0.2, -0.15) is 0 Å². The van der Waals surface area contributed by atoms with Crippen LogP contribution in [0.25, 0.3) is 10.9 Å². The van der Waals surface area contributed by atoms with Crippen molar-refractivity contribution < 1.29 is 4.79 Å². The second-order valence-electron chi connectivity index (χ2n) is 10.9.